The topological polar surface area (TPSA) is 29.5 Å². The fraction of sp³-hybridized carbons (Fsp3) is 0.385. The quantitative estimate of drug-likeness (QED) is 0.767. The van der Waals surface area contributed by atoms with E-state index in [-0.39, 0.29) is 6.10 Å². The van der Waals surface area contributed by atoms with Crippen molar-refractivity contribution in [2.24, 2.45) is 0 Å². The fourth-order valence-corrected chi connectivity index (χ4v) is 2.00. The molecule has 0 unspecified atom stereocenters. The molecule has 0 bridgehead atoms. The van der Waals surface area contributed by atoms with Gasteiger partial charge in [0.1, 0.15) is 12.4 Å². The van der Waals surface area contributed by atoms with Gasteiger partial charge in [0.15, 0.2) is 0 Å². The number of rotatable bonds is 3. The molecular formula is C13H16O2. The summed E-state index contributed by atoms with van der Waals surface area (Å²) in [4.78, 5) is 0. The van der Waals surface area contributed by atoms with E-state index in [0.717, 1.165) is 30.6 Å². The van der Waals surface area contributed by atoms with E-state index < -0.39 is 0 Å². The molecule has 0 saturated carbocycles. The zero-order valence-corrected chi connectivity index (χ0v) is 8.78. The van der Waals surface area contributed by atoms with Gasteiger partial charge in [-0.1, -0.05) is 18.7 Å². The molecule has 0 aromatic heterocycles. The average Bonchev–Trinajstić information content (AvgIpc) is 2.27. The smallest absolute Gasteiger partial charge is 0.120 e. The highest BCUT2D eigenvalue weighted by atomic mass is 16.5. The molecule has 1 aliphatic rings. The molecule has 0 aliphatic heterocycles. The Kier molecular flexibility index (Phi) is 3.07. The molecule has 1 atom stereocenters. The third kappa shape index (κ3) is 2.21. The van der Waals surface area contributed by atoms with E-state index in [9.17, 15) is 5.11 Å². The summed E-state index contributed by atoms with van der Waals surface area (Å²) in [6, 6.07) is 5.96. The molecule has 2 rings (SSSR count). The van der Waals surface area contributed by atoms with E-state index in [1.165, 1.54) is 5.56 Å². The van der Waals surface area contributed by atoms with E-state index in [1.54, 1.807) is 6.08 Å². The van der Waals surface area contributed by atoms with Crippen molar-refractivity contribution in [1.29, 1.82) is 0 Å². The Morgan fingerprint density at radius 3 is 3.20 bits per heavy atom. The van der Waals surface area contributed by atoms with Gasteiger partial charge in [-0.2, -0.15) is 0 Å². The van der Waals surface area contributed by atoms with Crippen LogP contribution in [0.2, 0.25) is 0 Å². The van der Waals surface area contributed by atoms with E-state index in [1.807, 2.05) is 12.1 Å². The molecule has 1 N–H and O–H groups in total. The molecule has 2 nitrogen and oxygen atoms in total. The predicted octanol–water partition coefficient (Wildman–Crippen LogP) is 2.62. The first-order chi connectivity index (χ1) is 7.31. The number of hydrogen-bond acceptors (Lipinski definition) is 2. The van der Waals surface area contributed by atoms with E-state index in [4.69, 9.17) is 4.74 Å². The zero-order chi connectivity index (χ0) is 10.7. The molecule has 0 radical (unpaired) electrons. The lowest BCUT2D eigenvalue weighted by atomic mass is 9.89. The second-order valence-electron chi connectivity index (χ2n) is 3.87. The van der Waals surface area contributed by atoms with Crippen LogP contribution in [0.1, 0.15) is 30.1 Å². The Labute approximate surface area is 90.2 Å². The SMILES string of the molecule is C=CCOc1ccc2c(c1)[C@H](O)CCC2. The van der Waals surface area contributed by atoms with E-state index in [0.29, 0.717) is 6.61 Å². The lowest BCUT2D eigenvalue weighted by molar-refractivity contribution is 0.156. The minimum absolute atomic E-state index is 0.318. The van der Waals surface area contributed by atoms with Crippen LogP contribution in [0.15, 0.2) is 30.9 Å². The normalized spacial score (nSPS) is 19.4. The van der Waals surface area contributed by atoms with Crippen LogP contribution in [0.3, 0.4) is 0 Å². The van der Waals surface area contributed by atoms with Crippen molar-refractivity contribution >= 4 is 0 Å². The third-order valence-electron chi connectivity index (χ3n) is 2.77. The lowest BCUT2D eigenvalue weighted by Crippen LogP contribution is -2.09. The van der Waals surface area contributed by atoms with Gasteiger partial charge in [-0.05, 0) is 42.5 Å². The maximum absolute atomic E-state index is 9.84. The maximum atomic E-state index is 9.84. The summed E-state index contributed by atoms with van der Waals surface area (Å²) >= 11 is 0. The maximum Gasteiger partial charge on any atom is 0.120 e. The molecule has 0 fully saturated rings. The van der Waals surface area contributed by atoms with Gasteiger partial charge in [-0.3, -0.25) is 0 Å². The molecule has 1 aromatic rings. The Balaban J connectivity index is 2.23. The predicted molar refractivity (Wildman–Crippen MR) is 60.0 cm³/mol. The highest BCUT2D eigenvalue weighted by molar-refractivity contribution is 5.38. The second kappa shape index (κ2) is 4.49. The summed E-state index contributed by atoms with van der Waals surface area (Å²) in [6.45, 7) is 4.11. The highest BCUT2D eigenvalue weighted by Gasteiger charge is 2.18. The molecule has 15 heavy (non-hydrogen) atoms. The van der Waals surface area contributed by atoms with Crippen molar-refractivity contribution in [3.8, 4) is 5.75 Å². The number of ether oxygens (including phenoxy) is 1. The largest absolute Gasteiger partial charge is 0.490 e. The highest BCUT2D eigenvalue weighted by Crippen LogP contribution is 2.32. The Morgan fingerprint density at radius 2 is 2.40 bits per heavy atom. The number of aliphatic hydroxyl groups excluding tert-OH is 1. The van der Waals surface area contributed by atoms with Gasteiger partial charge < -0.3 is 9.84 Å². The van der Waals surface area contributed by atoms with Crippen molar-refractivity contribution in [2.45, 2.75) is 25.4 Å². The molecule has 2 heteroatoms. The fourth-order valence-electron chi connectivity index (χ4n) is 2.00. The molecule has 80 valence electrons. The third-order valence-corrected chi connectivity index (χ3v) is 2.77. The van der Waals surface area contributed by atoms with Crippen molar-refractivity contribution in [3.05, 3.63) is 42.0 Å². The first-order valence-corrected chi connectivity index (χ1v) is 5.36. The van der Waals surface area contributed by atoms with Crippen LogP contribution in [0.25, 0.3) is 0 Å². The Bertz CT molecular complexity index is 358. The molecule has 0 spiro atoms. The number of aryl methyl sites for hydroxylation is 1. The van der Waals surface area contributed by atoms with Crippen LogP contribution in [0, 0.1) is 0 Å². The number of benzene rings is 1. The first kappa shape index (κ1) is 10.2. The van der Waals surface area contributed by atoms with Crippen molar-refractivity contribution in [3.63, 3.8) is 0 Å². The van der Waals surface area contributed by atoms with Gasteiger partial charge in [-0.15, -0.1) is 0 Å². The van der Waals surface area contributed by atoms with Crippen LogP contribution < -0.4 is 4.74 Å². The molecule has 1 aliphatic carbocycles. The van der Waals surface area contributed by atoms with Gasteiger partial charge in [0, 0.05) is 0 Å². The van der Waals surface area contributed by atoms with Gasteiger partial charge in [0.25, 0.3) is 0 Å². The number of hydrogen-bond donors (Lipinski definition) is 1. The summed E-state index contributed by atoms with van der Waals surface area (Å²) < 4.78 is 5.44. The molecule has 0 heterocycles. The van der Waals surface area contributed by atoms with Gasteiger partial charge >= 0.3 is 0 Å². The Hall–Kier alpha value is -1.28. The number of fused-ring (bicyclic) bond motifs is 1. The summed E-state index contributed by atoms with van der Waals surface area (Å²) in [5, 5.41) is 9.84. The van der Waals surface area contributed by atoms with Gasteiger partial charge in [0.05, 0.1) is 6.10 Å². The van der Waals surface area contributed by atoms with E-state index >= 15 is 0 Å². The zero-order valence-electron chi connectivity index (χ0n) is 8.78. The van der Waals surface area contributed by atoms with Crippen molar-refractivity contribution in [2.75, 3.05) is 6.61 Å². The Morgan fingerprint density at radius 1 is 1.53 bits per heavy atom. The van der Waals surface area contributed by atoms with Crippen molar-refractivity contribution in [1.82, 2.24) is 0 Å². The van der Waals surface area contributed by atoms with Crippen LogP contribution in [0.5, 0.6) is 5.75 Å². The summed E-state index contributed by atoms with van der Waals surface area (Å²) in [5.74, 6) is 0.814. The van der Waals surface area contributed by atoms with Crippen LogP contribution >= 0.6 is 0 Å². The van der Waals surface area contributed by atoms with E-state index in [2.05, 4.69) is 12.6 Å². The average molecular weight is 204 g/mol. The van der Waals surface area contributed by atoms with Crippen LogP contribution in [-0.2, 0) is 6.42 Å². The minimum atomic E-state index is -0.318. The summed E-state index contributed by atoms with van der Waals surface area (Å²) in [6.07, 6.45) is 4.39. The first-order valence-electron chi connectivity index (χ1n) is 5.36. The molecule has 0 saturated heterocycles. The number of aliphatic hydroxyl groups is 1. The molecule has 1 aromatic carbocycles. The minimum Gasteiger partial charge on any atom is -0.490 e. The van der Waals surface area contributed by atoms with Crippen molar-refractivity contribution < 1.29 is 9.84 Å². The second-order valence-corrected chi connectivity index (χ2v) is 3.87. The van der Waals surface area contributed by atoms with Gasteiger partial charge in [-0.25, -0.2) is 0 Å². The van der Waals surface area contributed by atoms with Crippen LogP contribution in [-0.4, -0.2) is 11.7 Å². The summed E-state index contributed by atoms with van der Waals surface area (Å²) in [7, 11) is 0. The monoisotopic (exact) mass is 204 g/mol. The molecule has 0 amide bonds. The van der Waals surface area contributed by atoms with Gasteiger partial charge in [0.2, 0.25) is 0 Å². The molecular weight excluding hydrogens is 188 g/mol. The lowest BCUT2D eigenvalue weighted by Gasteiger charge is -2.21. The summed E-state index contributed by atoms with van der Waals surface area (Å²) in [5.41, 5.74) is 2.28. The van der Waals surface area contributed by atoms with Crippen LogP contribution in [0.4, 0.5) is 0 Å². The standard InChI is InChI=1S/C13H16O2/c1-2-8-15-11-7-6-10-4-3-5-13(14)12(10)9-11/h2,6-7,9,13-14H,1,3-5,8H2/t13-/m1/s1.